The van der Waals surface area contributed by atoms with Crippen LogP contribution in [0.4, 0.5) is 4.39 Å². The van der Waals surface area contributed by atoms with Crippen molar-refractivity contribution < 1.29 is 18.3 Å². The Bertz CT molecular complexity index is 874. The highest BCUT2D eigenvalue weighted by Crippen LogP contribution is 2.15. The van der Waals surface area contributed by atoms with Gasteiger partial charge in [-0.3, -0.25) is 9.48 Å². The molecule has 2 aromatic heterocycles. The van der Waals surface area contributed by atoms with Crippen molar-refractivity contribution in [3.05, 3.63) is 65.9 Å². The van der Waals surface area contributed by atoms with Crippen molar-refractivity contribution in [2.24, 2.45) is 7.05 Å². The zero-order valence-electron chi connectivity index (χ0n) is 13.8. The third kappa shape index (κ3) is 4.23. The molecule has 3 rings (SSSR count). The van der Waals surface area contributed by atoms with Crippen LogP contribution in [0.2, 0.25) is 0 Å². The molecule has 7 nitrogen and oxygen atoms in total. The maximum Gasteiger partial charge on any atom is 0.273 e. The molecular formula is C17H17FN4O3. The molecule has 0 fully saturated rings. The first-order valence-corrected chi connectivity index (χ1v) is 7.63. The number of nitrogens with zero attached hydrogens (tertiary/aromatic N) is 3. The van der Waals surface area contributed by atoms with Gasteiger partial charge in [-0.1, -0.05) is 6.07 Å². The average molecular weight is 344 g/mol. The summed E-state index contributed by atoms with van der Waals surface area (Å²) in [6, 6.07) is 5.52. The number of oxazole rings is 1. The zero-order chi connectivity index (χ0) is 17.8. The molecule has 0 saturated heterocycles. The molecule has 1 N–H and O–H groups in total. The summed E-state index contributed by atoms with van der Waals surface area (Å²) in [5, 5.41) is 6.88. The summed E-state index contributed by atoms with van der Waals surface area (Å²) in [6.45, 7) is 1.85. The van der Waals surface area contributed by atoms with E-state index in [1.54, 1.807) is 30.1 Å². The van der Waals surface area contributed by atoms with Crippen LogP contribution in [0, 0.1) is 5.82 Å². The monoisotopic (exact) mass is 344 g/mol. The van der Waals surface area contributed by atoms with Crippen LogP contribution in [0.1, 0.15) is 34.9 Å². The SMILES string of the molecule is CC(NC(=O)c1coc(COc2cccc(F)c2)n1)c1cnn(C)c1. The van der Waals surface area contributed by atoms with Crippen LogP contribution in [0.25, 0.3) is 0 Å². The van der Waals surface area contributed by atoms with Gasteiger partial charge < -0.3 is 14.5 Å². The number of amides is 1. The van der Waals surface area contributed by atoms with Gasteiger partial charge in [0, 0.05) is 24.9 Å². The normalized spacial score (nSPS) is 12.0. The molecule has 3 aromatic rings. The Balaban J connectivity index is 1.57. The molecule has 8 heteroatoms. The fourth-order valence-corrected chi connectivity index (χ4v) is 2.20. The molecule has 1 aromatic carbocycles. The smallest absolute Gasteiger partial charge is 0.273 e. The molecule has 25 heavy (non-hydrogen) atoms. The number of halogens is 1. The Hall–Kier alpha value is -3.16. The van der Waals surface area contributed by atoms with E-state index in [0.29, 0.717) is 5.75 Å². The Morgan fingerprint density at radius 2 is 2.32 bits per heavy atom. The summed E-state index contributed by atoms with van der Waals surface area (Å²) in [7, 11) is 1.81. The third-order valence-electron chi connectivity index (χ3n) is 3.52. The molecule has 0 aliphatic heterocycles. The van der Waals surface area contributed by atoms with Crippen LogP contribution in [-0.4, -0.2) is 20.7 Å². The molecule has 0 bridgehead atoms. The number of aryl methyl sites for hydroxylation is 1. The highest BCUT2D eigenvalue weighted by atomic mass is 19.1. The van der Waals surface area contributed by atoms with E-state index >= 15 is 0 Å². The lowest BCUT2D eigenvalue weighted by Crippen LogP contribution is -2.26. The zero-order valence-corrected chi connectivity index (χ0v) is 13.8. The van der Waals surface area contributed by atoms with Gasteiger partial charge in [-0.15, -0.1) is 0 Å². The molecule has 130 valence electrons. The highest BCUT2D eigenvalue weighted by molar-refractivity contribution is 5.92. The van der Waals surface area contributed by atoms with Crippen molar-refractivity contribution in [3.8, 4) is 5.75 Å². The molecule has 0 aliphatic carbocycles. The lowest BCUT2D eigenvalue weighted by atomic mass is 10.2. The first-order valence-electron chi connectivity index (χ1n) is 7.63. The maximum atomic E-state index is 13.1. The van der Waals surface area contributed by atoms with Crippen LogP contribution in [0.15, 0.2) is 47.3 Å². The third-order valence-corrected chi connectivity index (χ3v) is 3.52. The maximum absolute atomic E-state index is 13.1. The lowest BCUT2D eigenvalue weighted by molar-refractivity contribution is 0.0934. The minimum Gasteiger partial charge on any atom is -0.484 e. The minimum atomic E-state index is -0.394. The second-order valence-electron chi connectivity index (χ2n) is 5.52. The number of ether oxygens (including phenoxy) is 1. The van der Waals surface area contributed by atoms with Gasteiger partial charge in [-0.2, -0.15) is 5.10 Å². The quantitative estimate of drug-likeness (QED) is 0.743. The predicted molar refractivity (Wildman–Crippen MR) is 86.3 cm³/mol. The van der Waals surface area contributed by atoms with Crippen LogP contribution in [-0.2, 0) is 13.7 Å². The van der Waals surface area contributed by atoms with Crippen molar-refractivity contribution in [2.45, 2.75) is 19.6 Å². The molecule has 0 aliphatic rings. The number of nitrogens with one attached hydrogen (secondary N) is 1. The number of hydrogen-bond acceptors (Lipinski definition) is 5. The molecule has 2 heterocycles. The van der Waals surface area contributed by atoms with Gasteiger partial charge in [0.15, 0.2) is 12.3 Å². The number of carbonyl (C=O) groups is 1. The Morgan fingerprint density at radius 3 is 3.04 bits per heavy atom. The summed E-state index contributed by atoms with van der Waals surface area (Å²) in [5.74, 6) is -0.177. The van der Waals surface area contributed by atoms with E-state index in [9.17, 15) is 9.18 Å². The van der Waals surface area contributed by atoms with Gasteiger partial charge in [0.2, 0.25) is 5.89 Å². The van der Waals surface area contributed by atoms with Crippen molar-refractivity contribution in [1.29, 1.82) is 0 Å². The summed E-state index contributed by atoms with van der Waals surface area (Å²) in [6.07, 6.45) is 4.77. The fourth-order valence-electron chi connectivity index (χ4n) is 2.20. The van der Waals surface area contributed by atoms with E-state index in [2.05, 4.69) is 15.4 Å². The summed E-state index contributed by atoms with van der Waals surface area (Å²) in [4.78, 5) is 16.3. The van der Waals surface area contributed by atoms with E-state index in [1.165, 1.54) is 18.4 Å². The van der Waals surface area contributed by atoms with E-state index < -0.39 is 5.82 Å². The fraction of sp³-hybridized carbons (Fsp3) is 0.235. The van der Waals surface area contributed by atoms with Crippen LogP contribution >= 0.6 is 0 Å². The second-order valence-corrected chi connectivity index (χ2v) is 5.52. The van der Waals surface area contributed by atoms with Gasteiger partial charge in [-0.05, 0) is 19.1 Å². The topological polar surface area (TPSA) is 82.2 Å². The Kier molecular flexibility index (Phi) is 4.78. The summed E-state index contributed by atoms with van der Waals surface area (Å²) >= 11 is 0. The minimum absolute atomic E-state index is 0.00507. The number of rotatable bonds is 6. The Labute approximate surface area is 143 Å². The van der Waals surface area contributed by atoms with Crippen LogP contribution in [0.3, 0.4) is 0 Å². The summed E-state index contributed by atoms with van der Waals surface area (Å²) < 4.78 is 25.4. The molecule has 1 amide bonds. The molecule has 0 spiro atoms. The van der Waals surface area contributed by atoms with E-state index in [0.717, 1.165) is 5.56 Å². The first kappa shape index (κ1) is 16.7. The Morgan fingerprint density at radius 1 is 1.48 bits per heavy atom. The van der Waals surface area contributed by atoms with Crippen molar-refractivity contribution in [2.75, 3.05) is 0 Å². The van der Waals surface area contributed by atoms with Crippen LogP contribution < -0.4 is 10.1 Å². The molecule has 1 unspecified atom stereocenters. The second kappa shape index (κ2) is 7.16. The van der Waals surface area contributed by atoms with Gasteiger partial charge >= 0.3 is 0 Å². The molecule has 1 atom stereocenters. The molecule has 0 radical (unpaired) electrons. The van der Waals surface area contributed by atoms with Crippen molar-refractivity contribution >= 4 is 5.91 Å². The van der Waals surface area contributed by atoms with Gasteiger partial charge in [0.1, 0.15) is 17.8 Å². The number of carbonyl (C=O) groups excluding carboxylic acids is 1. The number of hydrogen-bond donors (Lipinski definition) is 1. The number of aromatic nitrogens is 3. The van der Waals surface area contributed by atoms with E-state index in [-0.39, 0.29) is 30.1 Å². The lowest BCUT2D eigenvalue weighted by Gasteiger charge is -2.10. The standard InChI is InChI=1S/C17H17FN4O3/c1-11(12-7-19-22(2)8-12)20-17(23)15-9-25-16(21-15)10-24-14-5-3-4-13(18)6-14/h3-9,11H,10H2,1-2H3,(H,20,23). The van der Waals surface area contributed by atoms with Gasteiger partial charge in [-0.25, -0.2) is 9.37 Å². The van der Waals surface area contributed by atoms with Gasteiger partial charge in [0.05, 0.1) is 12.2 Å². The van der Waals surface area contributed by atoms with Crippen molar-refractivity contribution in [1.82, 2.24) is 20.1 Å². The number of benzene rings is 1. The summed E-state index contributed by atoms with van der Waals surface area (Å²) in [5.41, 5.74) is 1.03. The molecule has 0 saturated carbocycles. The first-order chi connectivity index (χ1) is 12.0. The van der Waals surface area contributed by atoms with E-state index in [4.69, 9.17) is 9.15 Å². The van der Waals surface area contributed by atoms with Crippen LogP contribution in [0.5, 0.6) is 5.75 Å². The van der Waals surface area contributed by atoms with Gasteiger partial charge in [0.25, 0.3) is 5.91 Å². The molecular weight excluding hydrogens is 327 g/mol. The largest absolute Gasteiger partial charge is 0.484 e. The average Bonchev–Trinajstić information content (AvgIpc) is 3.22. The predicted octanol–water partition coefficient (Wildman–Crippen LogP) is 2.62. The van der Waals surface area contributed by atoms with Crippen molar-refractivity contribution in [3.63, 3.8) is 0 Å². The van der Waals surface area contributed by atoms with E-state index in [1.807, 2.05) is 13.1 Å². The highest BCUT2D eigenvalue weighted by Gasteiger charge is 2.16.